The molecule has 0 fully saturated rings. The molecule has 0 radical (unpaired) electrons. The van der Waals surface area contributed by atoms with Crippen molar-refractivity contribution < 1.29 is 27.5 Å². The van der Waals surface area contributed by atoms with Crippen LogP contribution >= 0.6 is 0 Å². The maximum Gasteiger partial charge on any atom is 0.264 e. The molecule has 0 heterocycles. The third-order valence-electron chi connectivity index (χ3n) is 7.04. The fourth-order valence-electron chi connectivity index (χ4n) is 5.11. The highest BCUT2D eigenvalue weighted by atomic mass is 32.2. The van der Waals surface area contributed by atoms with Crippen LogP contribution in [0, 0.1) is 20.8 Å². The fraction of sp³-hybridized carbons (Fsp3) is 0.412. The zero-order valence-corrected chi connectivity index (χ0v) is 28.0. The number of hydrogen-bond acceptors (Lipinski definition) is 6. The zero-order chi connectivity index (χ0) is 32.8. The van der Waals surface area contributed by atoms with Crippen LogP contribution in [0.3, 0.4) is 0 Å². The van der Waals surface area contributed by atoms with Gasteiger partial charge in [0.2, 0.25) is 11.8 Å². The monoisotopic (exact) mass is 623 g/mol. The first-order valence-electron chi connectivity index (χ1n) is 14.6. The molecule has 2 amide bonds. The van der Waals surface area contributed by atoms with Gasteiger partial charge in [0.05, 0.1) is 24.8 Å². The Morgan fingerprint density at radius 1 is 0.864 bits per heavy atom. The predicted octanol–water partition coefficient (Wildman–Crippen LogP) is 5.55. The molecule has 9 nitrogen and oxygen atoms in total. The Labute approximate surface area is 262 Å². The molecule has 3 rings (SSSR count). The first-order valence-corrected chi connectivity index (χ1v) is 16.0. The second-order valence-corrected chi connectivity index (χ2v) is 13.9. The van der Waals surface area contributed by atoms with E-state index in [2.05, 4.69) is 5.32 Å². The van der Waals surface area contributed by atoms with Crippen LogP contribution in [-0.4, -0.2) is 57.5 Å². The van der Waals surface area contributed by atoms with E-state index in [1.165, 1.54) is 37.3 Å². The number of anilines is 1. The molecule has 3 aromatic carbocycles. The van der Waals surface area contributed by atoms with Gasteiger partial charge in [-0.05, 0) is 88.9 Å². The molecule has 0 unspecified atom stereocenters. The largest absolute Gasteiger partial charge is 0.493 e. The topological polar surface area (TPSA) is 105 Å². The SMILES string of the molecule is CC[C@@H](C(=O)NC(C)(C)C)N(Cc1cccc(C)c1)C(=O)CN(c1cc(C)cc(C)c1)S(=O)(=O)c1ccc(OC)c(OC)c1. The molecule has 1 atom stereocenters. The van der Waals surface area contributed by atoms with Gasteiger partial charge < -0.3 is 19.7 Å². The molecule has 0 aliphatic heterocycles. The first-order chi connectivity index (χ1) is 20.6. The number of benzene rings is 3. The van der Waals surface area contributed by atoms with Crippen molar-refractivity contribution >= 4 is 27.5 Å². The Morgan fingerprint density at radius 2 is 1.50 bits per heavy atom. The standard InChI is InChI=1S/C34H45N3O6S/c1-10-29(33(39)35-34(5,6)7)36(21-26-13-11-12-23(2)17-26)32(38)22-37(27-18-24(3)16-25(4)19-27)44(40,41)28-14-15-30(42-8)31(20-28)43-9/h11-20,29H,10,21-22H2,1-9H3,(H,35,39)/t29-/m0/s1. The summed E-state index contributed by atoms with van der Waals surface area (Å²) in [5.41, 5.74) is 3.34. The minimum Gasteiger partial charge on any atom is -0.493 e. The number of ether oxygens (including phenoxy) is 2. The van der Waals surface area contributed by atoms with Gasteiger partial charge >= 0.3 is 0 Å². The second kappa shape index (κ2) is 14.2. The van der Waals surface area contributed by atoms with Gasteiger partial charge in [-0.1, -0.05) is 42.8 Å². The van der Waals surface area contributed by atoms with Crippen molar-refractivity contribution in [3.05, 3.63) is 82.9 Å². The molecule has 1 N–H and O–H groups in total. The van der Waals surface area contributed by atoms with Crippen LogP contribution in [0.15, 0.2) is 65.6 Å². The molecule has 0 spiro atoms. The molecule has 0 bridgehead atoms. The van der Waals surface area contributed by atoms with Crippen molar-refractivity contribution in [1.29, 1.82) is 0 Å². The summed E-state index contributed by atoms with van der Waals surface area (Å²) in [5, 5.41) is 2.99. The average Bonchev–Trinajstić information content (AvgIpc) is 2.93. The van der Waals surface area contributed by atoms with Gasteiger partial charge in [-0.2, -0.15) is 0 Å². The van der Waals surface area contributed by atoms with Gasteiger partial charge in [0.15, 0.2) is 11.5 Å². The molecule has 0 saturated carbocycles. The van der Waals surface area contributed by atoms with Crippen LogP contribution in [-0.2, 0) is 26.2 Å². The van der Waals surface area contributed by atoms with Crippen LogP contribution in [0.1, 0.15) is 56.4 Å². The van der Waals surface area contributed by atoms with Gasteiger partial charge in [0, 0.05) is 18.2 Å². The summed E-state index contributed by atoms with van der Waals surface area (Å²) in [6.45, 7) is 12.8. The number of rotatable bonds is 12. The lowest BCUT2D eigenvalue weighted by Gasteiger charge is -2.35. The molecular weight excluding hydrogens is 578 g/mol. The number of hydrogen-bond donors (Lipinski definition) is 1. The highest BCUT2D eigenvalue weighted by molar-refractivity contribution is 7.92. The molecule has 0 aliphatic rings. The lowest BCUT2D eigenvalue weighted by atomic mass is 10.0. The van der Waals surface area contributed by atoms with Crippen LogP contribution in [0.2, 0.25) is 0 Å². The zero-order valence-electron chi connectivity index (χ0n) is 27.2. The molecule has 3 aromatic rings. The number of nitrogens with one attached hydrogen (secondary N) is 1. The summed E-state index contributed by atoms with van der Waals surface area (Å²) in [6.07, 6.45) is 0.339. The Bertz CT molecular complexity index is 1580. The summed E-state index contributed by atoms with van der Waals surface area (Å²) in [7, 11) is -1.39. The molecule has 0 saturated heterocycles. The maximum absolute atomic E-state index is 14.4. The highest BCUT2D eigenvalue weighted by Crippen LogP contribution is 2.33. The quantitative estimate of drug-likeness (QED) is 0.284. The molecule has 0 aliphatic carbocycles. The van der Waals surface area contributed by atoms with E-state index >= 15 is 0 Å². The fourth-order valence-corrected chi connectivity index (χ4v) is 6.52. The van der Waals surface area contributed by atoms with Crippen molar-refractivity contribution in [2.45, 2.75) is 77.9 Å². The predicted molar refractivity (Wildman–Crippen MR) is 174 cm³/mol. The molecule has 238 valence electrons. The van der Waals surface area contributed by atoms with Crippen molar-refractivity contribution in [3.63, 3.8) is 0 Å². The number of carbonyl (C=O) groups is 2. The summed E-state index contributed by atoms with van der Waals surface area (Å²) in [6, 6.07) is 16.6. The van der Waals surface area contributed by atoms with Crippen molar-refractivity contribution in [2.75, 3.05) is 25.1 Å². The summed E-state index contributed by atoms with van der Waals surface area (Å²) in [5.74, 6) is -0.195. The normalized spacial score (nSPS) is 12.3. The first kappa shape index (κ1) is 34.4. The summed E-state index contributed by atoms with van der Waals surface area (Å²) in [4.78, 5) is 29.3. The third-order valence-corrected chi connectivity index (χ3v) is 8.81. The van der Waals surface area contributed by atoms with E-state index in [9.17, 15) is 18.0 Å². The number of methoxy groups -OCH3 is 2. The van der Waals surface area contributed by atoms with E-state index in [0.29, 0.717) is 17.9 Å². The number of carbonyl (C=O) groups excluding carboxylic acids is 2. The Balaban J connectivity index is 2.15. The van der Waals surface area contributed by atoms with Crippen molar-refractivity contribution in [3.8, 4) is 11.5 Å². The van der Waals surface area contributed by atoms with Crippen LogP contribution in [0.4, 0.5) is 5.69 Å². The van der Waals surface area contributed by atoms with E-state index in [1.54, 1.807) is 12.1 Å². The van der Waals surface area contributed by atoms with Gasteiger partial charge in [-0.15, -0.1) is 0 Å². The average molecular weight is 624 g/mol. The van der Waals surface area contributed by atoms with E-state index in [0.717, 1.165) is 26.6 Å². The molecular formula is C34H45N3O6S. The van der Waals surface area contributed by atoms with Gasteiger partial charge in [-0.25, -0.2) is 8.42 Å². The van der Waals surface area contributed by atoms with Gasteiger partial charge in [-0.3, -0.25) is 13.9 Å². The van der Waals surface area contributed by atoms with E-state index in [-0.39, 0.29) is 23.1 Å². The van der Waals surface area contributed by atoms with Crippen molar-refractivity contribution in [2.24, 2.45) is 0 Å². The highest BCUT2D eigenvalue weighted by Gasteiger charge is 2.35. The number of sulfonamides is 1. The summed E-state index contributed by atoms with van der Waals surface area (Å²) < 4.78 is 40.4. The Hall–Kier alpha value is -4.05. The Morgan fingerprint density at radius 3 is 2.05 bits per heavy atom. The molecule has 0 aromatic heterocycles. The lowest BCUT2D eigenvalue weighted by molar-refractivity contribution is -0.141. The molecule has 10 heteroatoms. The van der Waals surface area contributed by atoms with E-state index < -0.39 is 34.1 Å². The number of aryl methyl sites for hydroxylation is 3. The molecule has 44 heavy (non-hydrogen) atoms. The smallest absolute Gasteiger partial charge is 0.264 e. The number of nitrogens with zero attached hydrogens (tertiary/aromatic N) is 2. The number of amides is 2. The van der Waals surface area contributed by atoms with Crippen LogP contribution in [0.5, 0.6) is 11.5 Å². The van der Waals surface area contributed by atoms with Crippen LogP contribution < -0.4 is 19.1 Å². The minimum atomic E-state index is -4.29. The third kappa shape index (κ3) is 8.53. The minimum absolute atomic E-state index is 0.0649. The summed E-state index contributed by atoms with van der Waals surface area (Å²) >= 11 is 0. The van der Waals surface area contributed by atoms with Gasteiger partial charge in [0.1, 0.15) is 12.6 Å². The van der Waals surface area contributed by atoms with Crippen molar-refractivity contribution in [1.82, 2.24) is 10.2 Å². The maximum atomic E-state index is 14.4. The second-order valence-electron chi connectivity index (χ2n) is 12.0. The lowest BCUT2D eigenvalue weighted by Crippen LogP contribution is -2.55. The Kier molecular flexibility index (Phi) is 11.1. The van der Waals surface area contributed by atoms with E-state index in [1.807, 2.05) is 78.8 Å². The van der Waals surface area contributed by atoms with Gasteiger partial charge in [0.25, 0.3) is 10.0 Å². The van der Waals surface area contributed by atoms with E-state index in [4.69, 9.17) is 9.47 Å². The van der Waals surface area contributed by atoms with Crippen LogP contribution in [0.25, 0.3) is 0 Å².